The lowest BCUT2D eigenvalue weighted by atomic mass is 9.96. The molecule has 0 aliphatic carbocycles. The Morgan fingerprint density at radius 3 is 1.00 bits per heavy atom. The van der Waals surface area contributed by atoms with Crippen molar-refractivity contribution in [3.8, 4) is 23.0 Å². The van der Waals surface area contributed by atoms with Crippen molar-refractivity contribution < 1.29 is 30.6 Å². The first-order chi connectivity index (χ1) is 26.2. The van der Waals surface area contributed by atoms with Gasteiger partial charge in [-0.05, 0) is 107 Å². The van der Waals surface area contributed by atoms with Crippen molar-refractivity contribution in [2.75, 3.05) is 0 Å². The second-order valence-electron chi connectivity index (χ2n) is 13.4. The summed E-state index contributed by atoms with van der Waals surface area (Å²) in [5.41, 5.74) is 8.20. The second kappa shape index (κ2) is 12.8. The van der Waals surface area contributed by atoms with Crippen LogP contribution in [-0.4, -0.2) is 57.8 Å². The Kier molecular flexibility index (Phi) is 7.77. The van der Waals surface area contributed by atoms with Gasteiger partial charge in [-0.1, -0.05) is 48.5 Å². The summed E-state index contributed by atoms with van der Waals surface area (Å²) < 4.78 is 0. The van der Waals surface area contributed by atoms with Gasteiger partial charge < -0.3 is 50.9 Å². The Morgan fingerprint density at radius 1 is 0.352 bits per heavy atom. The Balaban J connectivity index is 1.43. The lowest BCUT2D eigenvalue weighted by Crippen LogP contribution is -2.22. The average Bonchev–Trinajstić information content (AvgIpc) is 3.97. The zero-order chi connectivity index (χ0) is 37.1. The number of rotatable bonds is 4. The van der Waals surface area contributed by atoms with Crippen molar-refractivity contribution >= 4 is 22.3 Å². The first-order valence-electron chi connectivity index (χ1n) is 17.3. The molecular formula is C44H34N4O6. The highest BCUT2D eigenvalue weighted by Gasteiger charge is 2.38. The number of phenolic OH excluding ortho intramolecular Hbond substituents is 4. The van der Waals surface area contributed by atoms with E-state index in [0.717, 1.165) is 33.0 Å². The van der Waals surface area contributed by atoms with E-state index in [2.05, 4.69) is 20.3 Å². The Labute approximate surface area is 308 Å². The standard InChI is InChI=1S/C44H34N4O6/c49-27-9-1-5-23(19-27)37-31-13-14-32(45-31)38(24-6-2-10-28(50)20-24)34-16-18-36(47-34)40(26-8-4-12-30(52)22-26)42-44(54)43(53)41(48-42)39(35-17-15-33(37)46-35)25-7-3-11-29(51)21-25/h1-22,43-54H. The molecule has 4 aromatic carbocycles. The first kappa shape index (κ1) is 32.7. The summed E-state index contributed by atoms with van der Waals surface area (Å²) in [5, 5.41) is 71.0. The van der Waals surface area contributed by atoms with Gasteiger partial charge in [0.2, 0.25) is 0 Å². The highest BCUT2D eigenvalue weighted by atomic mass is 16.3. The molecule has 3 aromatic heterocycles. The summed E-state index contributed by atoms with van der Waals surface area (Å²) >= 11 is 0. The molecule has 10 heteroatoms. The predicted octanol–water partition coefficient (Wildman–Crippen LogP) is 4.85. The number of fused-ring (bicyclic) bond motifs is 8. The number of hydrogen-bond donors (Lipinski definition) is 10. The van der Waals surface area contributed by atoms with Gasteiger partial charge in [0.1, 0.15) is 35.2 Å². The van der Waals surface area contributed by atoms with Crippen LogP contribution in [0.1, 0.15) is 45.0 Å². The minimum Gasteiger partial charge on any atom is -0.508 e. The van der Waals surface area contributed by atoms with Crippen LogP contribution in [-0.2, 0) is 0 Å². The minimum absolute atomic E-state index is 0.0207. The largest absolute Gasteiger partial charge is 0.508 e. The molecule has 10 N–H and O–H groups in total. The molecule has 0 radical (unpaired) electrons. The summed E-state index contributed by atoms with van der Waals surface area (Å²) in [6.45, 7) is 0. The normalized spacial score (nSPS) is 16.9. The number of H-pyrrole nitrogens is 3. The molecule has 5 heterocycles. The Bertz CT molecular complexity index is 2610. The van der Waals surface area contributed by atoms with Crippen LogP contribution in [0.5, 0.6) is 23.0 Å². The van der Waals surface area contributed by atoms with Gasteiger partial charge in [-0.15, -0.1) is 0 Å². The van der Waals surface area contributed by atoms with Crippen molar-refractivity contribution in [3.05, 3.63) is 201 Å². The predicted molar refractivity (Wildman–Crippen MR) is 204 cm³/mol. The molecule has 2 aliphatic rings. The molecule has 54 heavy (non-hydrogen) atoms. The maximum atomic E-state index is 11.9. The fourth-order valence-corrected chi connectivity index (χ4v) is 7.56. The zero-order valence-electron chi connectivity index (χ0n) is 28.5. The smallest absolute Gasteiger partial charge is 0.126 e. The molecule has 1 fully saturated rings. The maximum absolute atomic E-state index is 11.9. The van der Waals surface area contributed by atoms with Gasteiger partial charge in [0, 0.05) is 55.8 Å². The number of aromatic nitrogens is 3. The van der Waals surface area contributed by atoms with Gasteiger partial charge in [-0.25, -0.2) is 0 Å². The zero-order valence-corrected chi connectivity index (χ0v) is 28.5. The van der Waals surface area contributed by atoms with Crippen LogP contribution in [0, 0.1) is 0 Å². The van der Waals surface area contributed by atoms with E-state index < -0.39 is 12.2 Å². The van der Waals surface area contributed by atoms with Crippen LogP contribution >= 0.6 is 0 Å². The van der Waals surface area contributed by atoms with E-state index in [4.69, 9.17) is 0 Å². The lowest BCUT2D eigenvalue weighted by Gasteiger charge is -2.16. The van der Waals surface area contributed by atoms with E-state index in [0.29, 0.717) is 56.4 Å². The number of aliphatic hydroxyl groups excluding tert-OH is 2. The number of phenols is 4. The van der Waals surface area contributed by atoms with E-state index >= 15 is 0 Å². The van der Waals surface area contributed by atoms with E-state index in [1.807, 2.05) is 60.7 Å². The van der Waals surface area contributed by atoms with Crippen molar-refractivity contribution in [2.24, 2.45) is 0 Å². The summed E-state index contributed by atoms with van der Waals surface area (Å²) in [6, 6.07) is 38.7. The monoisotopic (exact) mass is 714 g/mol. The van der Waals surface area contributed by atoms with Gasteiger partial charge in [0.15, 0.2) is 0 Å². The van der Waals surface area contributed by atoms with Gasteiger partial charge >= 0.3 is 0 Å². The number of aromatic amines is 3. The van der Waals surface area contributed by atoms with Crippen molar-refractivity contribution in [1.82, 2.24) is 20.3 Å². The van der Waals surface area contributed by atoms with Crippen LogP contribution in [0.4, 0.5) is 0 Å². The van der Waals surface area contributed by atoms with E-state index in [9.17, 15) is 30.6 Å². The Morgan fingerprint density at radius 2 is 0.667 bits per heavy atom. The quantitative estimate of drug-likeness (QED) is 0.124. The van der Waals surface area contributed by atoms with Gasteiger partial charge in [-0.2, -0.15) is 0 Å². The lowest BCUT2D eigenvalue weighted by molar-refractivity contribution is 0.0814. The molecule has 0 amide bonds. The molecule has 2 aliphatic heterocycles. The van der Waals surface area contributed by atoms with Crippen molar-refractivity contribution in [1.29, 1.82) is 0 Å². The van der Waals surface area contributed by atoms with Gasteiger partial charge in [-0.3, -0.25) is 0 Å². The molecule has 1 saturated heterocycles. The van der Waals surface area contributed by atoms with Crippen LogP contribution in [0.25, 0.3) is 22.3 Å². The Hall–Kier alpha value is -7.14. The molecule has 7 aromatic rings. The van der Waals surface area contributed by atoms with Crippen molar-refractivity contribution in [3.63, 3.8) is 0 Å². The molecule has 8 bridgehead atoms. The van der Waals surface area contributed by atoms with Gasteiger partial charge in [0.05, 0.1) is 11.4 Å². The van der Waals surface area contributed by atoms with Crippen LogP contribution in [0.15, 0.2) is 145 Å². The van der Waals surface area contributed by atoms with E-state index in [1.165, 1.54) is 0 Å². The van der Waals surface area contributed by atoms with E-state index in [-0.39, 0.29) is 23.0 Å². The van der Waals surface area contributed by atoms with Crippen LogP contribution in [0.2, 0.25) is 0 Å². The highest BCUT2D eigenvalue weighted by molar-refractivity contribution is 5.89. The number of hydrogen-bond acceptors (Lipinski definition) is 7. The van der Waals surface area contributed by atoms with Crippen LogP contribution in [0.3, 0.4) is 0 Å². The molecule has 266 valence electrons. The topological polar surface area (TPSA) is 181 Å². The third-order valence-corrected chi connectivity index (χ3v) is 9.91. The summed E-state index contributed by atoms with van der Waals surface area (Å²) in [7, 11) is 0. The molecule has 2 unspecified atom stereocenters. The summed E-state index contributed by atoms with van der Waals surface area (Å²) in [4.78, 5) is 10.7. The second-order valence-corrected chi connectivity index (χ2v) is 13.4. The molecule has 10 nitrogen and oxygen atoms in total. The summed E-state index contributed by atoms with van der Waals surface area (Å²) in [6.07, 6.45) is -2.84. The average molecular weight is 715 g/mol. The van der Waals surface area contributed by atoms with Crippen molar-refractivity contribution in [2.45, 2.75) is 12.2 Å². The molecule has 2 atom stereocenters. The number of nitrogens with one attached hydrogen (secondary N) is 4. The number of aromatic hydroxyl groups is 4. The fourth-order valence-electron chi connectivity index (χ4n) is 7.56. The highest BCUT2D eigenvalue weighted by Crippen LogP contribution is 2.39. The molecule has 0 saturated carbocycles. The first-order valence-corrected chi connectivity index (χ1v) is 17.3. The molecule has 9 rings (SSSR count). The van der Waals surface area contributed by atoms with Crippen LogP contribution < -0.4 is 16.0 Å². The number of benzene rings is 4. The fraction of sp³-hybridized carbons (Fsp3) is 0.0455. The van der Waals surface area contributed by atoms with Gasteiger partial charge in [0.25, 0.3) is 0 Å². The third kappa shape index (κ3) is 5.63. The molecule has 0 spiro atoms. The molecular weight excluding hydrogens is 681 g/mol. The summed E-state index contributed by atoms with van der Waals surface area (Å²) in [5.74, 6) is 0.224. The SMILES string of the molecule is Oc1cccc(C2=C3NC(=C(c4cccc(O)c4)c4ccc([nH]4)C(c4cccc(O)c4)=c4ccc([nH]4)=C(c4cccc(O)c4)c4ccc2[nH]4)C(O)C3O)c1. The minimum atomic E-state index is -1.42. The maximum Gasteiger partial charge on any atom is 0.126 e. The number of aliphatic hydroxyl groups is 2. The third-order valence-electron chi connectivity index (χ3n) is 9.91. The van der Waals surface area contributed by atoms with E-state index in [1.54, 1.807) is 72.8 Å².